The molecule has 5 rings (SSSR count). The van der Waals surface area contributed by atoms with Gasteiger partial charge in [0.1, 0.15) is 17.2 Å². The molecule has 2 amide bonds. The van der Waals surface area contributed by atoms with Gasteiger partial charge in [0.15, 0.2) is 0 Å². The topological polar surface area (TPSA) is 116 Å². The van der Waals surface area contributed by atoms with Gasteiger partial charge < -0.3 is 29.2 Å². The number of urea groups is 1. The van der Waals surface area contributed by atoms with E-state index in [0.29, 0.717) is 35.3 Å². The summed E-state index contributed by atoms with van der Waals surface area (Å²) in [5, 5.41) is 9.67. The summed E-state index contributed by atoms with van der Waals surface area (Å²) in [6.45, 7) is 0.588. The normalized spacial score (nSPS) is 10.6. The Labute approximate surface area is 212 Å². The highest BCUT2D eigenvalue weighted by atomic mass is 16.5. The van der Waals surface area contributed by atoms with Crippen LogP contribution in [0.5, 0.6) is 11.5 Å². The van der Waals surface area contributed by atoms with E-state index in [-0.39, 0.29) is 6.03 Å². The summed E-state index contributed by atoms with van der Waals surface area (Å²) in [5.41, 5.74) is 3.79. The Kier molecular flexibility index (Phi) is 6.80. The van der Waals surface area contributed by atoms with E-state index in [1.54, 1.807) is 44.8 Å². The lowest BCUT2D eigenvalue weighted by atomic mass is 10.2. The third-order valence-electron chi connectivity index (χ3n) is 5.55. The molecule has 0 radical (unpaired) electrons. The Bertz CT molecular complexity index is 1470. The van der Waals surface area contributed by atoms with Gasteiger partial charge in [-0.1, -0.05) is 17.3 Å². The molecule has 0 fully saturated rings. The van der Waals surface area contributed by atoms with Crippen LogP contribution in [0.15, 0.2) is 89.8 Å². The molecule has 0 saturated heterocycles. The predicted octanol–water partition coefficient (Wildman–Crippen LogP) is 5.31. The standard InChI is InChI=1S/C27H24N6O4/c1-35-22-11-5-19(6-12-22)25-31-26(37-32-25)24-16-33(17-28-24)15-18-3-7-20(8-4-18)29-27(34)30-21-9-13-23(36-2)14-10-21/h3-14,16-17H,15H2,1-2H3,(H2,29,30,34). The summed E-state index contributed by atoms with van der Waals surface area (Å²) in [5.74, 6) is 2.30. The van der Waals surface area contributed by atoms with Crippen LogP contribution in [0.2, 0.25) is 0 Å². The molecule has 0 aliphatic rings. The first kappa shape index (κ1) is 23.6. The highest BCUT2D eigenvalue weighted by Crippen LogP contribution is 2.23. The van der Waals surface area contributed by atoms with Crippen molar-refractivity contribution in [2.75, 3.05) is 24.9 Å². The number of imidazole rings is 1. The van der Waals surface area contributed by atoms with Crippen LogP contribution >= 0.6 is 0 Å². The van der Waals surface area contributed by atoms with E-state index in [1.807, 2.05) is 59.3 Å². The van der Waals surface area contributed by atoms with Gasteiger partial charge in [0.25, 0.3) is 5.89 Å². The van der Waals surface area contributed by atoms with Crippen molar-refractivity contribution in [3.8, 4) is 34.5 Å². The molecule has 2 aromatic heterocycles. The molecule has 0 aliphatic heterocycles. The van der Waals surface area contributed by atoms with Gasteiger partial charge in [0.05, 0.1) is 20.5 Å². The molecule has 10 nitrogen and oxygen atoms in total. The van der Waals surface area contributed by atoms with Gasteiger partial charge in [0, 0.05) is 29.7 Å². The molecular weight excluding hydrogens is 472 g/mol. The molecule has 10 heteroatoms. The molecule has 0 aliphatic carbocycles. The van der Waals surface area contributed by atoms with Crippen molar-refractivity contribution in [1.29, 1.82) is 0 Å². The molecule has 37 heavy (non-hydrogen) atoms. The summed E-state index contributed by atoms with van der Waals surface area (Å²) in [4.78, 5) is 21.1. The summed E-state index contributed by atoms with van der Waals surface area (Å²) in [6, 6.07) is 21.8. The van der Waals surface area contributed by atoms with Gasteiger partial charge in [-0.25, -0.2) is 9.78 Å². The Morgan fingerprint density at radius 2 is 1.46 bits per heavy atom. The lowest BCUT2D eigenvalue weighted by Gasteiger charge is -2.09. The Morgan fingerprint density at radius 3 is 2.08 bits per heavy atom. The van der Waals surface area contributed by atoms with E-state index in [9.17, 15) is 4.79 Å². The molecule has 0 spiro atoms. The van der Waals surface area contributed by atoms with Gasteiger partial charge in [-0.3, -0.25) is 0 Å². The lowest BCUT2D eigenvalue weighted by Crippen LogP contribution is -2.19. The molecular formula is C27H24N6O4. The number of nitrogens with zero attached hydrogens (tertiary/aromatic N) is 4. The van der Waals surface area contributed by atoms with Crippen molar-refractivity contribution in [2.24, 2.45) is 0 Å². The largest absolute Gasteiger partial charge is 0.497 e. The van der Waals surface area contributed by atoms with Gasteiger partial charge in [-0.15, -0.1) is 0 Å². The number of methoxy groups -OCH3 is 2. The number of benzene rings is 3. The zero-order chi connectivity index (χ0) is 25.6. The van der Waals surface area contributed by atoms with Gasteiger partial charge in [-0.2, -0.15) is 4.98 Å². The SMILES string of the molecule is COc1ccc(NC(=O)Nc2ccc(Cn3cnc(-c4nc(-c5ccc(OC)cc5)no4)c3)cc2)cc1. The fraction of sp³-hybridized carbons (Fsp3) is 0.111. The van der Waals surface area contributed by atoms with Crippen LogP contribution in [-0.4, -0.2) is 39.9 Å². The smallest absolute Gasteiger partial charge is 0.323 e. The predicted molar refractivity (Wildman–Crippen MR) is 139 cm³/mol. The number of carbonyl (C=O) groups excluding carboxylic acids is 1. The van der Waals surface area contributed by atoms with Crippen molar-refractivity contribution >= 4 is 17.4 Å². The third-order valence-corrected chi connectivity index (χ3v) is 5.55. The second-order valence-corrected chi connectivity index (χ2v) is 8.09. The molecule has 2 heterocycles. The van der Waals surface area contributed by atoms with Gasteiger partial charge in [-0.05, 0) is 66.2 Å². The maximum Gasteiger partial charge on any atom is 0.323 e. The van der Waals surface area contributed by atoms with Crippen molar-refractivity contribution in [3.05, 3.63) is 90.9 Å². The van der Waals surface area contributed by atoms with Crippen LogP contribution in [0.1, 0.15) is 5.56 Å². The third kappa shape index (κ3) is 5.76. The second-order valence-electron chi connectivity index (χ2n) is 8.09. The monoisotopic (exact) mass is 496 g/mol. The summed E-state index contributed by atoms with van der Waals surface area (Å²) in [6.07, 6.45) is 3.56. The lowest BCUT2D eigenvalue weighted by molar-refractivity contribution is 0.262. The highest BCUT2D eigenvalue weighted by molar-refractivity contribution is 5.99. The fourth-order valence-electron chi connectivity index (χ4n) is 3.61. The quantitative estimate of drug-likeness (QED) is 0.299. The van der Waals surface area contributed by atoms with Crippen molar-refractivity contribution in [1.82, 2.24) is 19.7 Å². The number of carbonyl (C=O) groups is 1. The summed E-state index contributed by atoms with van der Waals surface area (Å²) in [7, 11) is 3.21. The van der Waals surface area contributed by atoms with Crippen LogP contribution in [0.25, 0.3) is 23.0 Å². The maximum absolute atomic E-state index is 12.3. The number of ether oxygens (including phenoxy) is 2. The number of hydrogen-bond acceptors (Lipinski definition) is 7. The number of hydrogen-bond donors (Lipinski definition) is 2. The van der Waals surface area contributed by atoms with Crippen molar-refractivity contribution in [3.63, 3.8) is 0 Å². The minimum absolute atomic E-state index is 0.328. The first-order valence-corrected chi connectivity index (χ1v) is 11.4. The van der Waals surface area contributed by atoms with Gasteiger partial charge >= 0.3 is 6.03 Å². The average Bonchev–Trinajstić information content (AvgIpc) is 3.60. The summed E-state index contributed by atoms with van der Waals surface area (Å²) >= 11 is 0. The number of anilines is 2. The van der Waals surface area contributed by atoms with Gasteiger partial charge in [0.2, 0.25) is 5.82 Å². The molecule has 0 bridgehead atoms. The molecule has 0 atom stereocenters. The first-order chi connectivity index (χ1) is 18.1. The van der Waals surface area contributed by atoms with Crippen LogP contribution in [0.3, 0.4) is 0 Å². The zero-order valence-electron chi connectivity index (χ0n) is 20.2. The van der Waals surface area contributed by atoms with Crippen molar-refractivity contribution < 1.29 is 18.8 Å². The van der Waals surface area contributed by atoms with Crippen LogP contribution < -0.4 is 20.1 Å². The molecule has 0 saturated carbocycles. The minimum atomic E-state index is -0.328. The number of rotatable bonds is 8. The minimum Gasteiger partial charge on any atom is -0.497 e. The van der Waals surface area contributed by atoms with E-state index in [1.165, 1.54) is 0 Å². The Morgan fingerprint density at radius 1 is 0.865 bits per heavy atom. The maximum atomic E-state index is 12.3. The fourth-order valence-corrected chi connectivity index (χ4v) is 3.61. The number of nitrogens with one attached hydrogen (secondary N) is 2. The van der Waals surface area contributed by atoms with E-state index < -0.39 is 0 Å². The first-order valence-electron chi connectivity index (χ1n) is 11.4. The summed E-state index contributed by atoms with van der Waals surface area (Å²) < 4.78 is 17.6. The van der Waals surface area contributed by atoms with Crippen molar-refractivity contribution in [2.45, 2.75) is 6.54 Å². The van der Waals surface area contributed by atoms with E-state index in [4.69, 9.17) is 14.0 Å². The van der Waals surface area contributed by atoms with Crippen LogP contribution in [0, 0.1) is 0 Å². The van der Waals surface area contributed by atoms with Crippen LogP contribution in [-0.2, 0) is 6.54 Å². The molecule has 0 unspecified atom stereocenters. The average molecular weight is 497 g/mol. The van der Waals surface area contributed by atoms with E-state index in [2.05, 4.69) is 25.8 Å². The zero-order valence-corrected chi connectivity index (χ0v) is 20.2. The van der Waals surface area contributed by atoms with E-state index in [0.717, 1.165) is 22.6 Å². The number of amides is 2. The Balaban J connectivity index is 1.17. The van der Waals surface area contributed by atoms with Crippen LogP contribution in [0.4, 0.5) is 16.2 Å². The number of aromatic nitrogens is 4. The molecule has 186 valence electrons. The highest BCUT2D eigenvalue weighted by Gasteiger charge is 2.13. The molecule has 2 N–H and O–H groups in total. The second kappa shape index (κ2) is 10.6. The molecule has 5 aromatic rings. The molecule has 3 aromatic carbocycles. The van der Waals surface area contributed by atoms with E-state index >= 15 is 0 Å². The Hall–Kier alpha value is -5.12.